The van der Waals surface area contributed by atoms with Crippen LogP contribution >= 0.6 is 11.3 Å². The maximum atomic E-state index is 6.42. The summed E-state index contributed by atoms with van der Waals surface area (Å²) in [6.07, 6.45) is 3.61. The fourth-order valence-corrected chi connectivity index (χ4v) is 4.14. The number of nitrogens with two attached hydrogens (primary N) is 1. The van der Waals surface area contributed by atoms with Crippen molar-refractivity contribution in [3.63, 3.8) is 0 Å². The highest BCUT2D eigenvalue weighted by Crippen LogP contribution is 2.40. The summed E-state index contributed by atoms with van der Waals surface area (Å²) >= 11 is 1.91. The molecule has 1 aromatic heterocycles. The molecule has 0 saturated carbocycles. The molecule has 2 unspecified atom stereocenters. The third-order valence-corrected chi connectivity index (χ3v) is 5.30. The lowest BCUT2D eigenvalue weighted by molar-refractivity contribution is 0.0986. The lowest BCUT2D eigenvalue weighted by Crippen LogP contribution is -2.47. The van der Waals surface area contributed by atoms with Gasteiger partial charge in [0.05, 0.1) is 6.04 Å². The number of aryl methyl sites for hydroxylation is 1. The Morgan fingerprint density at radius 3 is 2.61 bits per heavy atom. The molecule has 0 spiro atoms. The molecular weight excluding hydrogens is 240 g/mol. The summed E-state index contributed by atoms with van der Waals surface area (Å²) in [7, 11) is 0. The van der Waals surface area contributed by atoms with E-state index in [0.29, 0.717) is 6.04 Å². The molecular formula is C15H26N2S. The third kappa shape index (κ3) is 2.63. The van der Waals surface area contributed by atoms with Crippen LogP contribution in [-0.2, 0) is 0 Å². The Balaban J connectivity index is 2.31. The van der Waals surface area contributed by atoms with Crippen molar-refractivity contribution in [2.45, 2.75) is 64.6 Å². The Hall–Kier alpha value is -0.380. The fraction of sp³-hybridized carbons (Fsp3) is 0.733. The first kappa shape index (κ1) is 14.0. The second kappa shape index (κ2) is 5.32. The Morgan fingerprint density at radius 1 is 1.44 bits per heavy atom. The molecule has 2 atom stereocenters. The summed E-state index contributed by atoms with van der Waals surface area (Å²) in [5.41, 5.74) is 6.71. The van der Waals surface area contributed by atoms with Crippen molar-refractivity contribution in [3.05, 3.63) is 21.9 Å². The van der Waals surface area contributed by atoms with Gasteiger partial charge >= 0.3 is 0 Å². The van der Waals surface area contributed by atoms with Crippen LogP contribution in [0.3, 0.4) is 0 Å². The van der Waals surface area contributed by atoms with Crippen LogP contribution in [0, 0.1) is 6.92 Å². The molecule has 0 radical (unpaired) electrons. The van der Waals surface area contributed by atoms with E-state index < -0.39 is 0 Å². The lowest BCUT2D eigenvalue weighted by Gasteiger charge is -2.40. The first-order valence-electron chi connectivity index (χ1n) is 7.04. The zero-order valence-corrected chi connectivity index (χ0v) is 12.9. The summed E-state index contributed by atoms with van der Waals surface area (Å²) in [5, 5.41) is 0. The minimum absolute atomic E-state index is 0.237. The van der Waals surface area contributed by atoms with Crippen LogP contribution in [-0.4, -0.2) is 23.0 Å². The van der Waals surface area contributed by atoms with Crippen molar-refractivity contribution in [2.75, 3.05) is 6.54 Å². The fourth-order valence-electron chi connectivity index (χ4n) is 3.08. The van der Waals surface area contributed by atoms with Gasteiger partial charge in [0.1, 0.15) is 0 Å². The van der Waals surface area contributed by atoms with Crippen molar-refractivity contribution in [3.8, 4) is 0 Å². The molecule has 2 heterocycles. The zero-order valence-electron chi connectivity index (χ0n) is 12.1. The SMILES string of the molecule is CCC(N)C(c1ccc(C)s1)N1CCCC1(C)C. The van der Waals surface area contributed by atoms with Gasteiger partial charge in [0, 0.05) is 21.3 Å². The Kier molecular flexibility index (Phi) is 4.15. The van der Waals surface area contributed by atoms with Gasteiger partial charge in [0.15, 0.2) is 0 Å². The van der Waals surface area contributed by atoms with Crippen molar-refractivity contribution < 1.29 is 0 Å². The largest absolute Gasteiger partial charge is 0.326 e. The normalized spacial score (nSPS) is 23.2. The summed E-state index contributed by atoms with van der Waals surface area (Å²) in [6.45, 7) is 10.3. The Bertz CT molecular complexity index is 397. The molecule has 1 saturated heterocycles. The maximum absolute atomic E-state index is 6.42. The van der Waals surface area contributed by atoms with Gasteiger partial charge in [0.25, 0.3) is 0 Å². The van der Waals surface area contributed by atoms with E-state index in [1.807, 2.05) is 11.3 Å². The van der Waals surface area contributed by atoms with E-state index in [-0.39, 0.29) is 11.6 Å². The van der Waals surface area contributed by atoms with Crippen molar-refractivity contribution in [2.24, 2.45) is 5.73 Å². The first-order valence-corrected chi connectivity index (χ1v) is 7.86. The van der Waals surface area contributed by atoms with Crippen LogP contribution in [0.25, 0.3) is 0 Å². The Labute approximate surface area is 115 Å². The summed E-state index contributed by atoms with van der Waals surface area (Å²) < 4.78 is 0. The van der Waals surface area contributed by atoms with E-state index in [2.05, 4.69) is 44.7 Å². The predicted molar refractivity (Wildman–Crippen MR) is 80.1 cm³/mol. The maximum Gasteiger partial charge on any atom is 0.0597 e. The molecule has 0 aliphatic carbocycles. The van der Waals surface area contributed by atoms with Crippen LogP contribution in [0.2, 0.25) is 0 Å². The number of hydrogen-bond donors (Lipinski definition) is 1. The van der Waals surface area contributed by atoms with Gasteiger partial charge in [-0.2, -0.15) is 0 Å². The van der Waals surface area contributed by atoms with Crippen LogP contribution in [0.1, 0.15) is 55.8 Å². The van der Waals surface area contributed by atoms with Gasteiger partial charge in [-0.3, -0.25) is 4.90 Å². The number of hydrogen-bond acceptors (Lipinski definition) is 3. The lowest BCUT2D eigenvalue weighted by atomic mass is 9.96. The molecule has 1 aliphatic heterocycles. The standard InChI is InChI=1S/C15H26N2S/c1-5-12(16)14(13-8-7-11(2)18-13)17-10-6-9-15(17,3)4/h7-8,12,14H,5-6,9-10,16H2,1-4H3. The molecule has 1 aliphatic rings. The van der Waals surface area contributed by atoms with E-state index in [4.69, 9.17) is 5.73 Å². The first-order chi connectivity index (χ1) is 8.45. The number of likely N-dealkylation sites (tertiary alicyclic amines) is 1. The second-order valence-corrected chi connectivity index (χ2v) is 7.39. The van der Waals surface area contributed by atoms with E-state index in [1.54, 1.807) is 0 Å². The topological polar surface area (TPSA) is 29.3 Å². The van der Waals surface area contributed by atoms with Gasteiger partial charge < -0.3 is 5.73 Å². The van der Waals surface area contributed by atoms with Gasteiger partial charge in [-0.15, -0.1) is 11.3 Å². The third-order valence-electron chi connectivity index (χ3n) is 4.23. The van der Waals surface area contributed by atoms with Gasteiger partial charge in [0.2, 0.25) is 0 Å². The van der Waals surface area contributed by atoms with Crippen LogP contribution in [0.5, 0.6) is 0 Å². The van der Waals surface area contributed by atoms with Gasteiger partial charge in [-0.05, 0) is 58.7 Å². The molecule has 1 aromatic rings. The van der Waals surface area contributed by atoms with Crippen LogP contribution in [0.15, 0.2) is 12.1 Å². The molecule has 2 nitrogen and oxygen atoms in total. The highest BCUT2D eigenvalue weighted by molar-refractivity contribution is 7.12. The molecule has 3 heteroatoms. The summed E-state index contributed by atoms with van der Waals surface area (Å²) in [4.78, 5) is 5.46. The molecule has 0 bridgehead atoms. The quantitative estimate of drug-likeness (QED) is 0.900. The summed E-state index contributed by atoms with van der Waals surface area (Å²) in [5.74, 6) is 0. The molecule has 1 fully saturated rings. The minimum Gasteiger partial charge on any atom is -0.326 e. The van der Waals surface area contributed by atoms with Crippen molar-refractivity contribution in [1.29, 1.82) is 0 Å². The van der Waals surface area contributed by atoms with Gasteiger partial charge in [-0.1, -0.05) is 6.92 Å². The van der Waals surface area contributed by atoms with E-state index in [9.17, 15) is 0 Å². The average molecular weight is 266 g/mol. The molecule has 102 valence electrons. The minimum atomic E-state index is 0.237. The monoisotopic (exact) mass is 266 g/mol. The number of nitrogens with zero attached hydrogens (tertiary/aromatic N) is 1. The molecule has 0 amide bonds. The Morgan fingerprint density at radius 2 is 2.17 bits per heavy atom. The average Bonchev–Trinajstić information content (AvgIpc) is 2.87. The summed E-state index contributed by atoms with van der Waals surface area (Å²) in [6, 6.07) is 5.12. The van der Waals surface area contributed by atoms with E-state index in [1.165, 1.54) is 29.1 Å². The highest BCUT2D eigenvalue weighted by Gasteiger charge is 2.39. The van der Waals surface area contributed by atoms with E-state index >= 15 is 0 Å². The predicted octanol–water partition coefficient (Wildman–Crippen LogP) is 3.71. The smallest absolute Gasteiger partial charge is 0.0597 e. The molecule has 2 rings (SSSR count). The number of thiophene rings is 1. The molecule has 2 N–H and O–H groups in total. The van der Waals surface area contributed by atoms with Crippen molar-refractivity contribution in [1.82, 2.24) is 4.90 Å². The van der Waals surface area contributed by atoms with E-state index in [0.717, 1.165) is 6.42 Å². The highest BCUT2D eigenvalue weighted by atomic mass is 32.1. The van der Waals surface area contributed by atoms with Crippen LogP contribution in [0.4, 0.5) is 0 Å². The zero-order chi connectivity index (χ0) is 13.3. The van der Waals surface area contributed by atoms with Crippen LogP contribution < -0.4 is 5.73 Å². The van der Waals surface area contributed by atoms with Gasteiger partial charge in [-0.25, -0.2) is 0 Å². The second-order valence-electron chi connectivity index (χ2n) is 6.07. The molecule has 0 aromatic carbocycles. The molecule has 18 heavy (non-hydrogen) atoms. The van der Waals surface area contributed by atoms with Crippen molar-refractivity contribution >= 4 is 11.3 Å². The number of rotatable bonds is 4.